The van der Waals surface area contributed by atoms with Gasteiger partial charge in [-0.2, -0.15) is 13.2 Å². The molecule has 0 heterocycles. The molecule has 3 aromatic rings. The van der Waals surface area contributed by atoms with Crippen molar-refractivity contribution in [2.24, 2.45) is 0 Å². The van der Waals surface area contributed by atoms with Crippen molar-refractivity contribution in [3.05, 3.63) is 105 Å². The average molecular weight is 492 g/mol. The number of rotatable bonds is 3. The minimum atomic E-state index is -4.89. The van der Waals surface area contributed by atoms with Crippen LogP contribution in [0.4, 0.5) is 35.1 Å². The summed E-state index contributed by atoms with van der Waals surface area (Å²) >= 11 is 0. The van der Waals surface area contributed by atoms with Gasteiger partial charge in [0.05, 0.1) is 16.7 Å². The molecule has 0 aliphatic heterocycles. The summed E-state index contributed by atoms with van der Waals surface area (Å²) in [6, 6.07) is 5.74. The van der Waals surface area contributed by atoms with Crippen molar-refractivity contribution in [2.75, 3.05) is 0 Å². The summed E-state index contributed by atoms with van der Waals surface area (Å²) in [4.78, 5) is 0. The van der Waals surface area contributed by atoms with Gasteiger partial charge >= 0.3 is 6.18 Å². The molecule has 35 heavy (non-hydrogen) atoms. The van der Waals surface area contributed by atoms with Gasteiger partial charge < -0.3 is 0 Å². The van der Waals surface area contributed by atoms with Crippen LogP contribution in [-0.2, 0) is 12.6 Å². The fourth-order valence-electron chi connectivity index (χ4n) is 3.13. The summed E-state index contributed by atoms with van der Waals surface area (Å²) < 4.78 is 109. The smallest absolute Gasteiger partial charge is 0.206 e. The van der Waals surface area contributed by atoms with Crippen LogP contribution in [-0.4, -0.2) is 0 Å². The molecule has 0 fully saturated rings. The van der Waals surface area contributed by atoms with E-state index in [1.807, 2.05) is 6.92 Å². The van der Waals surface area contributed by atoms with Crippen LogP contribution in [0.5, 0.6) is 0 Å². The first-order chi connectivity index (χ1) is 16.5. The third kappa shape index (κ3) is 6.42. The van der Waals surface area contributed by atoms with Crippen molar-refractivity contribution >= 4 is 0 Å². The molecule has 0 aliphatic carbocycles. The first-order valence-corrected chi connectivity index (χ1v) is 10.4. The van der Waals surface area contributed by atoms with Crippen LogP contribution in [0.2, 0.25) is 0 Å². The first-order valence-electron chi connectivity index (χ1n) is 10.4. The van der Waals surface area contributed by atoms with Crippen LogP contribution in [0.25, 0.3) is 0 Å². The number of aryl methyl sites for hydroxylation is 1. The summed E-state index contributed by atoms with van der Waals surface area (Å²) in [5.41, 5.74) is -2.74. The summed E-state index contributed by atoms with van der Waals surface area (Å²) in [6.45, 7) is 1.94. The van der Waals surface area contributed by atoms with E-state index in [0.29, 0.717) is 24.1 Å². The zero-order valence-electron chi connectivity index (χ0n) is 18.2. The highest BCUT2D eigenvalue weighted by molar-refractivity contribution is 5.50. The molecule has 0 bridgehead atoms. The third-order valence-corrected chi connectivity index (χ3v) is 4.90. The van der Waals surface area contributed by atoms with Gasteiger partial charge in [-0.3, -0.25) is 0 Å². The monoisotopic (exact) mass is 492 g/mol. The van der Waals surface area contributed by atoms with Crippen molar-refractivity contribution in [3.8, 4) is 23.7 Å². The molecule has 0 spiro atoms. The third-order valence-electron chi connectivity index (χ3n) is 4.90. The lowest BCUT2D eigenvalue weighted by Gasteiger charge is -2.07. The Morgan fingerprint density at radius 3 is 1.60 bits per heavy atom. The van der Waals surface area contributed by atoms with E-state index in [4.69, 9.17) is 0 Å². The van der Waals surface area contributed by atoms with Gasteiger partial charge in [0.15, 0.2) is 0 Å². The van der Waals surface area contributed by atoms with E-state index >= 15 is 0 Å². The topological polar surface area (TPSA) is 0 Å². The van der Waals surface area contributed by atoms with Crippen molar-refractivity contribution in [2.45, 2.75) is 32.4 Å². The zero-order chi connectivity index (χ0) is 25.8. The van der Waals surface area contributed by atoms with Gasteiger partial charge in [-0.1, -0.05) is 37.0 Å². The van der Waals surface area contributed by atoms with Crippen molar-refractivity contribution in [1.82, 2.24) is 0 Å². The predicted molar refractivity (Wildman–Crippen MR) is 115 cm³/mol. The predicted octanol–water partition coefficient (Wildman–Crippen LogP) is 7.54. The maximum atomic E-state index is 14.4. The van der Waals surface area contributed by atoms with E-state index in [-0.39, 0.29) is 11.1 Å². The summed E-state index contributed by atoms with van der Waals surface area (Å²) in [7, 11) is 0. The molecule has 0 atom stereocenters. The number of hydrogen-bond acceptors (Lipinski definition) is 0. The maximum absolute atomic E-state index is 14.4. The zero-order valence-corrected chi connectivity index (χ0v) is 18.2. The van der Waals surface area contributed by atoms with Gasteiger partial charge in [-0.25, -0.2) is 22.0 Å². The molecule has 0 aromatic heterocycles. The minimum Gasteiger partial charge on any atom is -0.206 e. The van der Waals surface area contributed by atoms with E-state index in [9.17, 15) is 35.1 Å². The van der Waals surface area contributed by atoms with Crippen LogP contribution >= 0.6 is 0 Å². The van der Waals surface area contributed by atoms with Crippen LogP contribution in [0.1, 0.15) is 53.1 Å². The fourth-order valence-corrected chi connectivity index (χ4v) is 3.13. The second kappa shape index (κ2) is 10.7. The minimum absolute atomic E-state index is 0.222. The molecule has 180 valence electrons. The molecule has 0 unspecified atom stereocenters. The van der Waals surface area contributed by atoms with Crippen LogP contribution < -0.4 is 0 Å². The Morgan fingerprint density at radius 2 is 1.11 bits per heavy atom. The second-order valence-corrected chi connectivity index (χ2v) is 7.55. The number of unbranched alkanes of at least 4 members (excludes halogenated alkanes) is 1. The van der Waals surface area contributed by atoms with Crippen molar-refractivity contribution < 1.29 is 35.1 Å². The lowest BCUT2D eigenvalue weighted by Crippen LogP contribution is -2.07. The van der Waals surface area contributed by atoms with E-state index < -0.39 is 52.0 Å². The molecule has 0 nitrogen and oxygen atoms in total. The van der Waals surface area contributed by atoms with Crippen LogP contribution in [0.15, 0.2) is 42.5 Å². The summed E-state index contributed by atoms with van der Waals surface area (Å²) in [5.74, 6) is 3.16. The van der Waals surface area contributed by atoms with Crippen LogP contribution in [0.3, 0.4) is 0 Å². The number of benzene rings is 3. The molecule has 8 heteroatoms. The molecule has 0 amide bonds. The van der Waals surface area contributed by atoms with Gasteiger partial charge in [0, 0.05) is 11.1 Å². The molecule has 0 saturated heterocycles. The van der Waals surface area contributed by atoms with Gasteiger partial charge in [-0.15, -0.1) is 0 Å². The van der Waals surface area contributed by atoms with E-state index in [1.165, 1.54) is 0 Å². The van der Waals surface area contributed by atoms with Gasteiger partial charge in [0.25, 0.3) is 0 Å². The van der Waals surface area contributed by atoms with E-state index in [1.54, 1.807) is 0 Å². The Morgan fingerprint density at radius 1 is 0.629 bits per heavy atom. The molecule has 0 N–H and O–H groups in total. The normalized spacial score (nSPS) is 10.9. The molecule has 3 aromatic carbocycles. The largest absolute Gasteiger partial charge is 0.419 e. The number of hydrogen-bond donors (Lipinski definition) is 0. The molecule has 0 saturated carbocycles. The van der Waals surface area contributed by atoms with E-state index in [2.05, 4.69) is 23.7 Å². The van der Waals surface area contributed by atoms with Gasteiger partial charge in [0.2, 0.25) is 0 Å². The van der Waals surface area contributed by atoms with Gasteiger partial charge in [0.1, 0.15) is 29.1 Å². The highest BCUT2D eigenvalue weighted by Crippen LogP contribution is 2.31. The lowest BCUT2D eigenvalue weighted by atomic mass is 10.0. The SMILES string of the molecule is CCCCc1cc(F)c(C#Cc2cc(F)c(C#Cc3ccc(C(F)(F)F)c(F)c3)c(F)c2)c(F)c1. The average Bonchev–Trinajstić information content (AvgIpc) is 2.75. The number of halogens is 8. The van der Waals surface area contributed by atoms with E-state index in [0.717, 1.165) is 43.2 Å². The first kappa shape index (κ1) is 25.8. The van der Waals surface area contributed by atoms with Crippen LogP contribution in [0, 0.1) is 52.8 Å². The standard InChI is InChI=1S/C27H16F8/c1-2-3-4-17-12-22(28)20(23(29)13-17)9-6-18-14-24(30)19(25(31)15-18)8-5-16-7-10-21(26(32)11-16)27(33,34)35/h7,10-15H,2-4H2,1H3. The molecule has 0 aliphatic rings. The Kier molecular flexibility index (Phi) is 7.86. The fraction of sp³-hybridized carbons (Fsp3) is 0.185. The molecule has 3 rings (SSSR count). The molecular weight excluding hydrogens is 476 g/mol. The Labute approximate surface area is 196 Å². The highest BCUT2D eigenvalue weighted by atomic mass is 19.4. The quantitative estimate of drug-likeness (QED) is 0.262. The molecular formula is C27H16F8. The Hall–Kier alpha value is -3.78. The Bertz CT molecular complexity index is 1330. The van der Waals surface area contributed by atoms with Crippen molar-refractivity contribution in [3.63, 3.8) is 0 Å². The second-order valence-electron chi connectivity index (χ2n) is 7.55. The summed E-state index contributed by atoms with van der Waals surface area (Å²) in [5, 5.41) is 0. The summed E-state index contributed by atoms with van der Waals surface area (Å²) in [6.07, 6.45) is -2.79. The maximum Gasteiger partial charge on any atom is 0.419 e. The Balaban J connectivity index is 1.87. The number of alkyl halides is 3. The van der Waals surface area contributed by atoms with Crippen molar-refractivity contribution in [1.29, 1.82) is 0 Å². The highest BCUT2D eigenvalue weighted by Gasteiger charge is 2.33. The lowest BCUT2D eigenvalue weighted by molar-refractivity contribution is -0.140. The molecule has 0 radical (unpaired) electrons. The van der Waals surface area contributed by atoms with Gasteiger partial charge in [-0.05, 0) is 60.9 Å².